The van der Waals surface area contributed by atoms with Crippen molar-refractivity contribution >= 4 is 17.7 Å². The van der Waals surface area contributed by atoms with Crippen molar-refractivity contribution in [2.24, 2.45) is 0 Å². The maximum atomic E-state index is 13.0. The van der Waals surface area contributed by atoms with E-state index in [-0.39, 0.29) is 11.7 Å². The molecule has 35 heavy (non-hydrogen) atoms. The van der Waals surface area contributed by atoms with Crippen molar-refractivity contribution in [1.82, 2.24) is 24.6 Å². The fraction of sp³-hybridized carbons (Fsp3) is 0.259. The van der Waals surface area contributed by atoms with E-state index in [2.05, 4.69) is 47.2 Å². The lowest BCUT2D eigenvalue weighted by atomic mass is 10.1. The molecule has 0 atom stereocenters. The highest BCUT2D eigenvalue weighted by Crippen LogP contribution is 2.29. The lowest BCUT2D eigenvalue weighted by Crippen LogP contribution is -2.28. The third-order valence-electron chi connectivity index (χ3n) is 5.63. The number of thioether (sulfide) groups is 1. The molecular weight excluding hydrogens is 458 g/mol. The number of aryl methyl sites for hydroxylation is 2. The van der Waals surface area contributed by atoms with Crippen molar-refractivity contribution in [2.45, 2.75) is 32.5 Å². The molecule has 2 heterocycles. The molecule has 2 aromatic heterocycles. The Morgan fingerprint density at radius 1 is 1.03 bits per heavy atom. The molecule has 0 fully saturated rings. The van der Waals surface area contributed by atoms with Gasteiger partial charge in [0.05, 0.1) is 12.4 Å². The molecule has 0 bridgehead atoms. The second kappa shape index (κ2) is 11.2. The Balaban J connectivity index is 1.55. The van der Waals surface area contributed by atoms with Crippen LogP contribution in [0.15, 0.2) is 72.1 Å². The molecule has 0 aliphatic heterocycles. The zero-order valence-corrected chi connectivity index (χ0v) is 21.2. The Hall–Kier alpha value is -3.65. The van der Waals surface area contributed by atoms with Gasteiger partial charge in [-0.3, -0.25) is 14.3 Å². The number of carbonyl (C=O) groups is 1. The van der Waals surface area contributed by atoms with Crippen LogP contribution in [0.3, 0.4) is 0 Å². The molecular formula is C27H29N5O2S. The van der Waals surface area contributed by atoms with E-state index < -0.39 is 0 Å². The minimum Gasteiger partial charge on any atom is -0.494 e. The molecule has 0 unspecified atom stereocenters. The standard InChI is InChI=1S/C27H29N5O2S/c1-5-34-24-10-8-23(9-11-24)32-26(21-12-14-28-15-13-21)29-30-27(32)35-18-25(33)31(4)17-22-7-6-19(2)16-20(22)3/h6-16H,5,17-18H2,1-4H3. The molecule has 0 spiro atoms. The topological polar surface area (TPSA) is 73.1 Å². The van der Waals surface area contributed by atoms with Gasteiger partial charge >= 0.3 is 0 Å². The van der Waals surface area contributed by atoms with Crippen molar-refractivity contribution in [3.05, 3.63) is 83.7 Å². The van der Waals surface area contributed by atoms with Crippen molar-refractivity contribution in [3.8, 4) is 22.8 Å². The first kappa shape index (κ1) is 24.5. The molecule has 0 saturated carbocycles. The molecule has 0 aliphatic rings. The van der Waals surface area contributed by atoms with Gasteiger partial charge in [-0.1, -0.05) is 35.5 Å². The zero-order valence-electron chi connectivity index (χ0n) is 20.4. The monoisotopic (exact) mass is 487 g/mol. The zero-order chi connectivity index (χ0) is 24.8. The van der Waals surface area contributed by atoms with Gasteiger partial charge in [0.15, 0.2) is 11.0 Å². The van der Waals surface area contributed by atoms with E-state index in [0.29, 0.717) is 24.1 Å². The number of ether oxygens (including phenoxy) is 1. The van der Waals surface area contributed by atoms with Crippen LogP contribution < -0.4 is 4.74 Å². The van der Waals surface area contributed by atoms with Crippen molar-refractivity contribution in [2.75, 3.05) is 19.4 Å². The van der Waals surface area contributed by atoms with Gasteiger partial charge in [0.25, 0.3) is 0 Å². The van der Waals surface area contributed by atoms with Crippen LogP contribution in [0.4, 0.5) is 0 Å². The van der Waals surface area contributed by atoms with Crippen LogP contribution >= 0.6 is 11.8 Å². The summed E-state index contributed by atoms with van der Waals surface area (Å²) in [5.41, 5.74) is 5.34. The van der Waals surface area contributed by atoms with E-state index in [1.165, 1.54) is 22.9 Å². The predicted molar refractivity (Wildman–Crippen MR) is 139 cm³/mol. The van der Waals surface area contributed by atoms with Gasteiger partial charge in [0.2, 0.25) is 5.91 Å². The molecule has 180 valence electrons. The van der Waals surface area contributed by atoms with E-state index in [9.17, 15) is 4.79 Å². The van der Waals surface area contributed by atoms with E-state index in [1.807, 2.05) is 54.9 Å². The van der Waals surface area contributed by atoms with Crippen molar-refractivity contribution < 1.29 is 9.53 Å². The second-order valence-corrected chi connectivity index (χ2v) is 9.22. The maximum Gasteiger partial charge on any atom is 0.233 e. The first-order valence-electron chi connectivity index (χ1n) is 11.5. The summed E-state index contributed by atoms with van der Waals surface area (Å²) < 4.78 is 7.55. The number of hydrogen-bond donors (Lipinski definition) is 0. The number of nitrogens with zero attached hydrogens (tertiary/aromatic N) is 5. The SMILES string of the molecule is CCOc1ccc(-n2c(SCC(=O)N(C)Cc3ccc(C)cc3C)nnc2-c2ccncc2)cc1. The minimum absolute atomic E-state index is 0.0293. The van der Waals surface area contributed by atoms with Gasteiger partial charge in [-0.15, -0.1) is 10.2 Å². The van der Waals surface area contributed by atoms with Gasteiger partial charge in [-0.05, 0) is 68.3 Å². The predicted octanol–water partition coefficient (Wildman–Crippen LogP) is 5.10. The highest BCUT2D eigenvalue weighted by atomic mass is 32.2. The first-order valence-corrected chi connectivity index (χ1v) is 12.5. The average Bonchev–Trinajstić information content (AvgIpc) is 3.29. The summed E-state index contributed by atoms with van der Waals surface area (Å²) in [5, 5.41) is 9.51. The first-order chi connectivity index (χ1) is 17.0. The molecule has 0 N–H and O–H groups in total. The van der Waals surface area contributed by atoms with E-state index >= 15 is 0 Å². The second-order valence-electron chi connectivity index (χ2n) is 8.27. The Bertz CT molecular complexity index is 1290. The molecule has 0 saturated heterocycles. The lowest BCUT2D eigenvalue weighted by molar-refractivity contribution is -0.127. The number of hydrogen-bond acceptors (Lipinski definition) is 6. The minimum atomic E-state index is 0.0293. The highest BCUT2D eigenvalue weighted by molar-refractivity contribution is 7.99. The fourth-order valence-electron chi connectivity index (χ4n) is 3.75. The Morgan fingerprint density at radius 3 is 2.46 bits per heavy atom. The van der Waals surface area contributed by atoms with E-state index in [0.717, 1.165) is 22.6 Å². The Labute approximate surface area is 210 Å². The third kappa shape index (κ3) is 5.89. The molecule has 1 amide bonds. The van der Waals surface area contributed by atoms with Crippen molar-refractivity contribution in [3.63, 3.8) is 0 Å². The molecule has 4 rings (SSSR count). The van der Waals surface area contributed by atoms with Crippen LogP contribution in [0.1, 0.15) is 23.6 Å². The third-order valence-corrected chi connectivity index (χ3v) is 6.55. The van der Waals surface area contributed by atoms with Gasteiger partial charge in [0, 0.05) is 37.2 Å². The van der Waals surface area contributed by atoms with Crippen LogP contribution in [0.5, 0.6) is 5.75 Å². The molecule has 2 aromatic carbocycles. The van der Waals surface area contributed by atoms with Crippen LogP contribution in [-0.4, -0.2) is 50.0 Å². The van der Waals surface area contributed by atoms with Crippen LogP contribution in [0, 0.1) is 13.8 Å². The number of carbonyl (C=O) groups excluding carboxylic acids is 1. The summed E-state index contributed by atoms with van der Waals surface area (Å²) in [6.07, 6.45) is 3.45. The van der Waals surface area contributed by atoms with Gasteiger partial charge in [0.1, 0.15) is 5.75 Å². The molecule has 0 aliphatic carbocycles. The fourth-order valence-corrected chi connectivity index (χ4v) is 4.64. The maximum absolute atomic E-state index is 13.0. The number of benzene rings is 2. The summed E-state index contributed by atoms with van der Waals surface area (Å²) in [5.74, 6) is 1.77. The number of pyridine rings is 1. The van der Waals surface area contributed by atoms with E-state index in [4.69, 9.17) is 4.74 Å². The lowest BCUT2D eigenvalue weighted by Gasteiger charge is -2.19. The summed E-state index contributed by atoms with van der Waals surface area (Å²) in [4.78, 5) is 18.8. The Kier molecular flexibility index (Phi) is 7.82. The number of aromatic nitrogens is 4. The Morgan fingerprint density at radius 2 is 1.77 bits per heavy atom. The van der Waals surface area contributed by atoms with Gasteiger partial charge in [-0.2, -0.15) is 0 Å². The van der Waals surface area contributed by atoms with Gasteiger partial charge in [-0.25, -0.2) is 0 Å². The quantitative estimate of drug-likeness (QED) is 0.306. The van der Waals surface area contributed by atoms with Crippen molar-refractivity contribution in [1.29, 1.82) is 0 Å². The summed E-state index contributed by atoms with van der Waals surface area (Å²) in [7, 11) is 1.84. The molecule has 0 radical (unpaired) electrons. The largest absolute Gasteiger partial charge is 0.494 e. The van der Waals surface area contributed by atoms with Gasteiger partial charge < -0.3 is 9.64 Å². The highest BCUT2D eigenvalue weighted by Gasteiger charge is 2.19. The number of amides is 1. The summed E-state index contributed by atoms with van der Waals surface area (Å²) >= 11 is 1.38. The van der Waals surface area contributed by atoms with E-state index in [1.54, 1.807) is 17.3 Å². The summed E-state index contributed by atoms with van der Waals surface area (Å²) in [6.45, 7) is 7.28. The normalized spacial score (nSPS) is 10.9. The molecule has 4 aromatic rings. The summed E-state index contributed by atoms with van der Waals surface area (Å²) in [6, 6.07) is 17.9. The van der Waals surface area contributed by atoms with Crippen LogP contribution in [-0.2, 0) is 11.3 Å². The number of rotatable bonds is 9. The van der Waals surface area contributed by atoms with Crippen LogP contribution in [0.25, 0.3) is 17.1 Å². The molecule has 8 heteroatoms. The molecule has 7 nitrogen and oxygen atoms in total. The average molecular weight is 488 g/mol. The smallest absolute Gasteiger partial charge is 0.233 e. The van der Waals surface area contributed by atoms with Crippen LogP contribution in [0.2, 0.25) is 0 Å².